The van der Waals surface area contributed by atoms with Crippen LogP contribution in [0.15, 0.2) is 88.5 Å². The number of anilines is 2. The zero-order valence-corrected chi connectivity index (χ0v) is 20.6. The van der Waals surface area contributed by atoms with Crippen molar-refractivity contribution in [1.82, 2.24) is 19.4 Å². The second-order valence-corrected chi connectivity index (χ2v) is 8.91. The van der Waals surface area contributed by atoms with Gasteiger partial charge in [0.05, 0.1) is 6.54 Å². The Balaban J connectivity index is 1.57. The van der Waals surface area contributed by atoms with Gasteiger partial charge >= 0.3 is 11.4 Å². The van der Waals surface area contributed by atoms with Crippen molar-refractivity contribution in [2.75, 3.05) is 5.32 Å². The summed E-state index contributed by atoms with van der Waals surface area (Å²) in [6, 6.07) is 24.0. The highest BCUT2D eigenvalue weighted by molar-refractivity contribution is 5.94. The Morgan fingerprint density at radius 3 is 2.19 bits per heavy atom. The number of aryl methyl sites for hydroxylation is 1. The molecule has 0 atom stereocenters. The zero-order valence-electron chi connectivity index (χ0n) is 20.6. The van der Waals surface area contributed by atoms with E-state index in [0.29, 0.717) is 17.8 Å². The van der Waals surface area contributed by atoms with Crippen LogP contribution in [0.3, 0.4) is 0 Å². The minimum atomic E-state index is -0.616. The molecule has 36 heavy (non-hydrogen) atoms. The fourth-order valence-electron chi connectivity index (χ4n) is 3.78. The Labute approximate surface area is 209 Å². The summed E-state index contributed by atoms with van der Waals surface area (Å²) in [4.78, 5) is 42.5. The topological polar surface area (TPSA) is 98.0 Å². The van der Waals surface area contributed by atoms with Gasteiger partial charge in [-0.2, -0.15) is 4.98 Å². The molecule has 1 aromatic heterocycles. The lowest BCUT2D eigenvalue weighted by Gasteiger charge is -2.17. The van der Waals surface area contributed by atoms with Gasteiger partial charge in [-0.05, 0) is 56.2 Å². The monoisotopic (exact) mass is 483 g/mol. The minimum Gasteiger partial charge on any atom is -0.348 e. The Kier molecular flexibility index (Phi) is 7.44. The van der Waals surface area contributed by atoms with E-state index in [0.717, 1.165) is 21.3 Å². The summed E-state index contributed by atoms with van der Waals surface area (Å²) >= 11 is 0. The van der Waals surface area contributed by atoms with Crippen molar-refractivity contribution in [3.8, 4) is 0 Å². The molecule has 0 aliphatic rings. The van der Waals surface area contributed by atoms with E-state index in [1.165, 1.54) is 4.57 Å². The van der Waals surface area contributed by atoms with Gasteiger partial charge in [-0.1, -0.05) is 60.2 Å². The first kappa shape index (κ1) is 24.7. The van der Waals surface area contributed by atoms with Crippen LogP contribution in [0.5, 0.6) is 0 Å². The van der Waals surface area contributed by atoms with Gasteiger partial charge in [0.15, 0.2) is 0 Å². The largest absolute Gasteiger partial charge is 0.355 e. The van der Waals surface area contributed by atoms with Crippen LogP contribution < -0.4 is 22.0 Å². The number of nitrogens with zero attached hydrogens (tertiary/aromatic N) is 3. The van der Waals surface area contributed by atoms with Crippen LogP contribution >= 0.6 is 0 Å². The van der Waals surface area contributed by atoms with Crippen LogP contribution in [0, 0.1) is 6.92 Å². The number of amides is 1. The molecule has 0 aliphatic heterocycles. The minimum absolute atomic E-state index is 0.142. The molecular weight excluding hydrogens is 454 g/mol. The van der Waals surface area contributed by atoms with Crippen molar-refractivity contribution in [2.24, 2.45) is 0 Å². The molecule has 0 unspecified atom stereocenters. The number of carbonyl (C=O) groups excluding carboxylic acids is 1. The van der Waals surface area contributed by atoms with Gasteiger partial charge < -0.3 is 10.6 Å². The first-order chi connectivity index (χ1) is 17.3. The fraction of sp³-hybridized carbons (Fsp3) is 0.214. The van der Waals surface area contributed by atoms with Crippen molar-refractivity contribution in [3.05, 3.63) is 122 Å². The SMILES string of the molecule is Cc1ccc(Cn2c(Nc3ccc(C(=O)NCc4ccccc4)cc3)nc(=O)n(C(C)C)c2=O)cc1. The molecule has 0 bridgehead atoms. The molecule has 0 saturated heterocycles. The van der Waals surface area contributed by atoms with Gasteiger partial charge in [0, 0.05) is 23.8 Å². The summed E-state index contributed by atoms with van der Waals surface area (Å²) in [5, 5.41) is 5.98. The van der Waals surface area contributed by atoms with E-state index in [1.54, 1.807) is 38.1 Å². The number of rotatable bonds is 8. The third kappa shape index (κ3) is 5.78. The molecule has 8 heteroatoms. The molecule has 4 rings (SSSR count). The van der Waals surface area contributed by atoms with Gasteiger partial charge in [0.1, 0.15) is 0 Å². The Morgan fingerprint density at radius 2 is 1.56 bits per heavy atom. The predicted octanol–water partition coefficient (Wildman–Crippen LogP) is 4.02. The molecule has 2 N–H and O–H groups in total. The summed E-state index contributed by atoms with van der Waals surface area (Å²) in [5.74, 6) is -0.0527. The van der Waals surface area contributed by atoms with Crippen LogP contribution in [0.2, 0.25) is 0 Å². The van der Waals surface area contributed by atoms with Crippen molar-refractivity contribution >= 4 is 17.5 Å². The predicted molar refractivity (Wildman–Crippen MR) is 141 cm³/mol. The van der Waals surface area contributed by atoms with Crippen LogP contribution in [0.25, 0.3) is 0 Å². The number of benzene rings is 3. The third-order valence-corrected chi connectivity index (χ3v) is 5.78. The van der Waals surface area contributed by atoms with Crippen molar-refractivity contribution in [1.29, 1.82) is 0 Å². The van der Waals surface area contributed by atoms with Gasteiger partial charge in [-0.15, -0.1) is 0 Å². The molecule has 3 aromatic carbocycles. The van der Waals surface area contributed by atoms with E-state index in [1.807, 2.05) is 61.5 Å². The van der Waals surface area contributed by atoms with Gasteiger partial charge in [-0.25, -0.2) is 14.2 Å². The maximum Gasteiger partial charge on any atom is 0.355 e. The average Bonchev–Trinajstić information content (AvgIpc) is 2.87. The normalized spacial score (nSPS) is 10.9. The zero-order chi connectivity index (χ0) is 25.7. The second kappa shape index (κ2) is 10.9. The number of nitrogens with one attached hydrogen (secondary N) is 2. The summed E-state index contributed by atoms with van der Waals surface area (Å²) in [6.07, 6.45) is 0. The Hall–Kier alpha value is -4.46. The van der Waals surface area contributed by atoms with E-state index in [4.69, 9.17) is 0 Å². The standard InChI is InChI=1S/C28H29N5O3/c1-19(2)33-27(35)31-26(32(28(33)36)18-22-11-9-20(3)10-12-22)30-24-15-13-23(14-16-24)25(34)29-17-21-7-5-4-6-8-21/h4-16,19H,17-18H2,1-3H3,(H,29,34)(H,30,31,35). The summed E-state index contributed by atoms with van der Waals surface area (Å²) in [7, 11) is 0. The maximum atomic E-state index is 13.2. The quantitative estimate of drug-likeness (QED) is 0.395. The lowest BCUT2D eigenvalue weighted by Crippen LogP contribution is -2.43. The summed E-state index contributed by atoms with van der Waals surface area (Å²) in [6.45, 7) is 6.22. The molecule has 8 nitrogen and oxygen atoms in total. The molecule has 0 radical (unpaired) electrons. The lowest BCUT2D eigenvalue weighted by atomic mass is 10.1. The Bertz CT molecular complexity index is 1450. The van der Waals surface area contributed by atoms with Gasteiger partial charge in [0.2, 0.25) is 5.95 Å². The Morgan fingerprint density at radius 1 is 0.889 bits per heavy atom. The molecule has 0 spiro atoms. The molecular formula is C28H29N5O3. The van der Waals surface area contributed by atoms with E-state index in [-0.39, 0.29) is 24.4 Å². The first-order valence-electron chi connectivity index (χ1n) is 11.8. The number of hydrogen-bond acceptors (Lipinski definition) is 5. The summed E-state index contributed by atoms with van der Waals surface area (Å²) < 4.78 is 2.59. The van der Waals surface area contributed by atoms with E-state index >= 15 is 0 Å². The highest BCUT2D eigenvalue weighted by Crippen LogP contribution is 2.16. The van der Waals surface area contributed by atoms with E-state index in [2.05, 4.69) is 15.6 Å². The molecule has 184 valence electrons. The molecule has 0 fully saturated rings. The maximum absolute atomic E-state index is 13.2. The second-order valence-electron chi connectivity index (χ2n) is 8.91. The molecule has 0 saturated carbocycles. The highest BCUT2D eigenvalue weighted by atomic mass is 16.2. The molecule has 0 aliphatic carbocycles. The van der Waals surface area contributed by atoms with Crippen LogP contribution in [0.1, 0.15) is 46.9 Å². The first-order valence-corrected chi connectivity index (χ1v) is 11.8. The molecule has 4 aromatic rings. The van der Waals surface area contributed by atoms with Crippen LogP contribution in [0.4, 0.5) is 11.6 Å². The molecule has 1 amide bonds. The third-order valence-electron chi connectivity index (χ3n) is 5.78. The van der Waals surface area contributed by atoms with E-state index < -0.39 is 11.4 Å². The number of aromatic nitrogens is 3. The van der Waals surface area contributed by atoms with Crippen molar-refractivity contribution in [3.63, 3.8) is 0 Å². The van der Waals surface area contributed by atoms with E-state index in [9.17, 15) is 14.4 Å². The lowest BCUT2D eigenvalue weighted by molar-refractivity contribution is 0.0951. The van der Waals surface area contributed by atoms with Gasteiger partial charge in [0.25, 0.3) is 5.91 Å². The van der Waals surface area contributed by atoms with Crippen LogP contribution in [-0.4, -0.2) is 20.0 Å². The average molecular weight is 484 g/mol. The van der Waals surface area contributed by atoms with Crippen LogP contribution in [-0.2, 0) is 13.1 Å². The number of hydrogen-bond donors (Lipinski definition) is 2. The smallest absolute Gasteiger partial charge is 0.348 e. The van der Waals surface area contributed by atoms with Crippen molar-refractivity contribution in [2.45, 2.75) is 39.9 Å². The van der Waals surface area contributed by atoms with Gasteiger partial charge in [-0.3, -0.25) is 9.36 Å². The fourth-order valence-corrected chi connectivity index (χ4v) is 3.78. The summed E-state index contributed by atoms with van der Waals surface area (Å²) in [5.41, 5.74) is 3.07. The van der Waals surface area contributed by atoms with Crippen molar-refractivity contribution < 1.29 is 4.79 Å². The highest BCUT2D eigenvalue weighted by Gasteiger charge is 2.16. The number of carbonyl (C=O) groups is 1. The molecule has 1 heterocycles.